The summed E-state index contributed by atoms with van der Waals surface area (Å²) >= 11 is 0. The van der Waals surface area contributed by atoms with Gasteiger partial charge >= 0.3 is 11.6 Å². The molecule has 0 aliphatic carbocycles. The van der Waals surface area contributed by atoms with E-state index in [-0.39, 0.29) is 16.2 Å². The minimum absolute atomic E-state index is 0.113. The van der Waals surface area contributed by atoms with Crippen molar-refractivity contribution in [3.63, 3.8) is 0 Å². The van der Waals surface area contributed by atoms with Crippen LogP contribution in [-0.2, 0) is 0 Å². The molecule has 1 amide bonds. The summed E-state index contributed by atoms with van der Waals surface area (Å²) in [6, 6.07) is 24.4. The molecule has 2 aromatic heterocycles. The molecule has 0 N–H and O–H groups in total. The molecule has 4 aromatic rings. The predicted octanol–water partition coefficient (Wildman–Crippen LogP) is 3.36. The number of hydrogen-bond donors (Lipinski definition) is 0. The van der Waals surface area contributed by atoms with Crippen molar-refractivity contribution in [3.8, 4) is 5.69 Å². The average Bonchev–Trinajstić information content (AvgIpc) is 3.01. The van der Waals surface area contributed by atoms with E-state index >= 15 is 0 Å². The smallest absolute Gasteiger partial charge is 0.256 e. The zero-order chi connectivity index (χ0) is 19.6. The van der Waals surface area contributed by atoms with Crippen LogP contribution >= 0.6 is 0 Å². The molecule has 0 fully saturated rings. The second-order valence-electron chi connectivity index (χ2n) is 7.05. The lowest BCUT2D eigenvalue weighted by molar-refractivity contribution is 0.0616. The molecule has 2 aromatic carbocycles. The van der Waals surface area contributed by atoms with Crippen molar-refractivity contribution < 1.29 is 4.79 Å². The van der Waals surface area contributed by atoms with Crippen molar-refractivity contribution in [2.45, 2.75) is 0 Å². The van der Waals surface area contributed by atoms with Gasteiger partial charge in [-0.25, -0.2) is 9.59 Å². The number of carbonyl (C=O) groups is 1. The van der Waals surface area contributed by atoms with E-state index < -0.39 is 0 Å². The van der Waals surface area contributed by atoms with Gasteiger partial charge in [0.05, 0.1) is 17.0 Å². The summed E-state index contributed by atoms with van der Waals surface area (Å²) < 4.78 is 2.91. The summed E-state index contributed by atoms with van der Waals surface area (Å²) in [5, 5.41) is 0. The van der Waals surface area contributed by atoms with Gasteiger partial charge in [-0.15, -0.1) is 4.68 Å². The van der Waals surface area contributed by atoms with Gasteiger partial charge in [0.1, 0.15) is 11.9 Å². The van der Waals surface area contributed by atoms with E-state index in [9.17, 15) is 9.59 Å². The van der Waals surface area contributed by atoms with Crippen LogP contribution in [0, 0.1) is 0 Å². The van der Waals surface area contributed by atoms with Crippen LogP contribution in [0.25, 0.3) is 11.3 Å². The van der Waals surface area contributed by atoms with Crippen molar-refractivity contribution in [1.29, 1.82) is 0 Å². The molecule has 4 bridgehead atoms. The standard InChI is InChI=1S/C23H15N4O2/c28-22-21-20-18(19-13-7-8-14-24-19)15-27(22,17-11-5-2-6-12-17)26(21)23(29)25(20)16-9-3-1-4-10-16/h1-15H/q+1. The number of quaternary nitrogens is 1. The lowest BCUT2D eigenvalue weighted by atomic mass is 9.98. The Bertz CT molecular complexity index is 1370. The molecule has 6 nitrogen and oxygen atoms in total. The first-order valence-electron chi connectivity index (χ1n) is 9.31. The van der Waals surface area contributed by atoms with E-state index in [4.69, 9.17) is 0 Å². The van der Waals surface area contributed by atoms with Gasteiger partial charge in [0, 0.05) is 18.3 Å². The summed E-state index contributed by atoms with van der Waals surface area (Å²) in [7, 11) is 0. The van der Waals surface area contributed by atoms with Gasteiger partial charge in [-0.3, -0.25) is 9.55 Å². The maximum absolute atomic E-state index is 13.5. The fourth-order valence-electron chi connectivity index (χ4n) is 4.29. The Morgan fingerprint density at radius 1 is 0.759 bits per heavy atom. The van der Waals surface area contributed by atoms with Crippen molar-refractivity contribution >= 4 is 17.2 Å². The molecule has 29 heavy (non-hydrogen) atoms. The highest BCUT2D eigenvalue weighted by Gasteiger charge is 2.63. The molecule has 0 radical (unpaired) electrons. The van der Waals surface area contributed by atoms with E-state index in [2.05, 4.69) is 4.98 Å². The highest BCUT2D eigenvalue weighted by atomic mass is 16.2. The highest BCUT2D eigenvalue weighted by Crippen LogP contribution is 2.46. The minimum atomic E-state index is -0.270. The van der Waals surface area contributed by atoms with Gasteiger partial charge in [0.2, 0.25) is 5.69 Å². The van der Waals surface area contributed by atoms with Gasteiger partial charge in [-0.2, -0.15) is 0 Å². The first kappa shape index (κ1) is 16.0. The van der Waals surface area contributed by atoms with E-state index in [1.54, 1.807) is 15.4 Å². The van der Waals surface area contributed by atoms with Crippen LogP contribution in [0.2, 0.25) is 0 Å². The Kier molecular flexibility index (Phi) is 3.03. The van der Waals surface area contributed by atoms with Crippen molar-refractivity contribution in [2.75, 3.05) is 0 Å². The Balaban J connectivity index is 1.74. The van der Waals surface area contributed by atoms with Gasteiger partial charge in [-0.1, -0.05) is 47.1 Å². The maximum Gasteiger partial charge on any atom is 0.405 e. The second kappa shape index (κ2) is 5.50. The van der Waals surface area contributed by atoms with Crippen molar-refractivity contribution in [3.05, 3.63) is 119 Å². The quantitative estimate of drug-likeness (QED) is 0.513. The largest absolute Gasteiger partial charge is 0.405 e. The van der Waals surface area contributed by atoms with Crippen LogP contribution < -0.4 is 10.3 Å². The van der Waals surface area contributed by atoms with Crippen LogP contribution in [0.1, 0.15) is 21.9 Å². The van der Waals surface area contributed by atoms with Gasteiger partial charge in [-0.05, 0) is 24.3 Å². The molecule has 4 heterocycles. The highest BCUT2D eigenvalue weighted by molar-refractivity contribution is 6.14. The molecular weight excluding hydrogens is 364 g/mol. The molecule has 0 spiro atoms. The topological polar surface area (TPSA) is 56.9 Å². The molecular formula is C23H15N4O2+. The lowest BCUT2D eigenvalue weighted by Gasteiger charge is -2.40. The zero-order valence-corrected chi connectivity index (χ0v) is 15.3. The Hall–Kier alpha value is -4.03. The van der Waals surface area contributed by atoms with Gasteiger partial charge in [0.15, 0.2) is 5.69 Å². The van der Waals surface area contributed by atoms with Gasteiger partial charge < -0.3 is 0 Å². The van der Waals surface area contributed by atoms with Crippen LogP contribution in [0.5, 0.6) is 0 Å². The normalized spacial score (nSPS) is 18.9. The Morgan fingerprint density at radius 2 is 1.45 bits per heavy atom. The average molecular weight is 379 g/mol. The number of para-hydroxylation sites is 2. The molecule has 138 valence electrons. The summed E-state index contributed by atoms with van der Waals surface area (Å²) in [5.41, 5.74) is 3.71. The SMILES string of the molecule is O=C1c2c3n(-c4ccccc4)c(=O)n2[N+]1(c1ccccc1)C=C3c1ccccn1. The van der Waals surface area contributed by atoms with E-state index in [1.807, 2.05) is 85.1 Å². The number of amides is 1. The van der Waals surface area contributed by atoms with Gasteiger partial charge in [0.25, 0.3) is 0 Å². The molecule has 6 rings (SSSR count). The number of benzene rings is 2. The number of pyridine rings is 1. The zero-order valence-electron chi connectivity index (χ0n) is 15.3. The van der Waals surface area contributed by atoms with Crippen LogP contribution in [-0.4, -0.2) is 20.1 Å². The molecule has 0 saturated carbocycles. The third kappa shape index (κ3) is 1.86. The van der Waals surface area contributed by atoms with Crippen LogP contribution in [0.15, 0.2) is 96.1 Å². The van der Waals surface area contributed by atoms with E-state index in [0.717, 1.165) is 22.6 Å². The summed E-state index contributed by atoms with van der Waals surface area (Å²) in [5.74, 6) is -0.113. The number of carbonyl (C=O) groups excluding carboxylic acids is 1. The minimum Gasteiger partial charge on any atom is -0.256 e. The number of hydrogen-bond acceptors (Lipinski definition) is 3. The predicted molar refractivity (Wildman–Crippen MR) is 109 cm³/mol. The number of rotatable bonds is 3. The third-order valence-electron chi connectivity index (χ3n) is 5.54. The molecule has 0 saturated heterocycles. The molecule has 1 unspecified atom stereocenters. The molecule has 6 heteroatoms. The van der Waals surface area contributed by atoms with Crippen molar-refractivity contribution in [2.24, 2.45) is 0 Å². The summed E-state index contributed by atoms with van der Waals surface area (Å²) in [4.78, 5) is 31.4. The molecule has 2 aliphatic heterocycles. The maximum atomic E-state index is 13.5. The lowest BCUT2D eigenvalue weighted by Crippen LogP contribution is -2.68. The summed E-state index contributed by atoms with van der Waals surface area (Å²) in [6.07, 6.45) is 3.55. The third-order valence-corrected chi connectivity index (χ3v) is 5.54. The van der Waals surface area contributed by atoms with Crippen molar-refractivity contribution in [1.82, 2.24) is 18.8 Å². The summed E-state index contributed by atoms with van der Waals surface area (Å²) in [6.45, 7) is 0. The Morgan fingerprint density at radius 3 is 2.14 bits per heavy atom. The number of imidazole rings is 1. The van der Waals surface area contributed by atoms with E-state index in [1.165, 1.54) is 0 Å². The van der Waals surface area contributed by atoms with Crippen LogP contribution in [0.3, 0.4) is 0 Å². The number of aromatic nitrogens is 3. The van der Waals surface area contributed by atoms with Crippen LogP contribution in [0.4, 0.5) is 5.69 Å². The number of nitrogens with zero attached hydrogens (tertiary/aromatic N) is 4. The Labute approximate surface area is 165 Å². The first-order valence-corrected chi connectivity index (χ1v) is 9.31. The second-order valence-corrected chi connectivity index (χ2v) is 7.05. The first-order chi connectivity index (χ1) is 14.2. The monoisotopic (exact) mass is 379 g/mol. The fourth-order valence-corrected chi connectivity index (χ4v) is 4.29. The fraction of sp³-hybridized carbons (Fsp3) is 0. The van der Waals surface area contributed by atoms with E-state index in [0.29, 0.717) is 11.4 Å². The molecule has 1 atom stereocenters. The molecule has 2 aliphatic rings.